The number of carbonyl (C=O) groups is 2. The predicted molar refractivity (Wildman–Crippen MR) is 119 cm³/mol. The van der Waals surface area contributed by atoms with Crippen LogP contribution in [-0.2, 0) is 4.79 Å². The number of nitrogens with zero attached hydrogens (tertiary/aromatic N) is 1. The number of benzene rings is 1. The van der Waals surface area contributed by atoms with Gasteiger partial charge in [0.1, 0.15) is 5.03 Å². The molecule has 2 amide bonds. The van der Waals surface area contributed by atoms with Gasteiger partial charge in [-0.3, -0.25) is 29.4 Å². The summed E-state index contributed by atoms with van der Waals surface area (Å²) >= 11 is 1.60. The maximum absolute atomic E-state index is 12.7. The van der Waals surface area contributed by atoms with Crippen molar-refractivity contribution in [2.24, 2.45) is 0 Å². The summed E-state index contributed by atoms with van der Waals surface area (Å²) in [7, 11) is 0. The summed E-state index contributed by atoms with van der Waals surface area (Å²) in [6, 6.07) is 7.95. The summed E-state index contributed by atoms with van der Waals surface area (Å²) in [4.78, 5) is 53.4. The number of carbonyl (C=O) groups excluding carboxylic acids is 2. The molecule has 0 radical (unpaired) electrons. The predicted octanol–water partition coefficient (Wildman–Crippen LogP) is 2.01. The Kier molecular flexibility index (Phi) is 6.17. The van der Waals surface area contributed by atoms with Gasteiger partial charge in [-0.05, 0) is 37.1 Å². The molecule has 4 rings (SSSR count). The summed E-state index contributed by atoms with van der Waals surface area (Å²) in [5, 5.41) is 11.0. The maximum atomic E-state index is 12.7. The SMILES string of the molecule is O=C(CNC(=O)c1cccnc1SC1CCCC1)Nc1cccc2c(=O)[nH][nH]c(=O)c12. The molecule has 0 saturated heterocycles. The highest BCUT2D eigenvalue weighted by atomic mass is 32.2. The lowest BCUT2D eigenvalue weighted by atomic mass is 10.1. The Morgan fingerprint density at radius 1 is 1.06 bits per heavy atom. The van der Waals surface area contributed by atoms with Crippen LogP contribution in [0.25, 0.3) is 10.8 Å². The number of rotatable bonds is 6. The molecule has 2 aromatic heterocycles. The molecule has 0 aliphatic heterocycles. The molecular formula is C21H21N5O4S. The van der Waals surface area contributed by atoms with Gasteiger partial charge in [0, 0.05) is 11.4 Å². The van der Waals surface area contributed by atoms with E-state index in [4.69, 9.17) is 0 Å². The van der Waals surface area contributed by atoms with E-state index in [1.807, 2.05) is 0 Å². The van der Waals surface area contributed by atoms with Gasteiger partial charge in [-0.2, -0.15) is 0 Å². The number of H-pyrrole nitrogens is 2. The van der Waals surface area contributed by atoms with Crippen molar-refractivity contribution in [3.05, 3.63) is 62.8 Å². The van der Waals surface area contributed by atoms with Gasteiger partial charge in [-0.25, -0.2) is 4.98 Å². The molecule has 1 saturated carbocycles. The number of aromatic nitrogens is 3. The lowest BCUT2D eigenvalue weighted by Crippen LogP contribution is -2.33. The number of amides is 2. The number of fused-ring (bicyclic) bond motifs is 1. The Bertz CT molecular complexity index is 1250. The second kappa shape index (κ2) is 9.17. The summed E-state index contributed by atoms with van der Waals surface area (Å²) < 4.78 is 0. The van der Waals surface area contributed by atoms with Crippen molar-refractivity contribution >= 4 is 40.0 Å². The Labute approximate surface area is 181 Å². The molecule has 9 nitrogen and oxygen atoms in total. The quantitative estimate of drug-likeness (QED) is 0.464. The molecule has 0 unspecified atom stereocenters. The lowest BCUT2D eigenvalue weighted by molar-refractivity contribution is -0.115. The Hall–Kier alpha value is -3.40. The summed E-state index contributed by atoms with van der Waals surface area (Å²) in [5.41, 5.74) is -0.371. The number of aromatic amines is 2. The molecule has 1 fully saturated rings. The molecule has 2 heterocycles. The fourth-order valence-electron chi connectivity index (χ4n) is 3.61. The van der Waals surface area contributed by atoms with Crippen molar-refractivity contribution in [2.75, 3.05) is 11.9 Å². The fourth-order valence-corrected chi connectivity index (χ4v) is 4.90. The number of pyridine rings is 1. The van der Waals surface area contributed by atoms with Crippen LogP contribution in [0, 0.1) is 0 Å². The van der Waals surface area contributed by atoms with Gasteiger partial charge >= 0.3 is 0 Å². The zero-order chi connectivity index (χ0) is 21.8. The number of anilines is 1. The van der Waals surface area contributed by atoms with E-state index in [2.05, 4.69) is 25.8 Å². The number of hydrogen-bond donors (Lipinski definition) is 4. The highest BCUT2D eigenvalue weighted by Crippen LogP contribution is 2.35. The standard InChI is InChI=1S/C21H21N5O4S/c27-16(24-15-9-3-7-13-17(15)20(30)26-25-19(13)29)11-23-18(28)14-8-4-10-22-21(14)31-12-5-1-2-6-12/h3-4,7-10,12H,1-2,5-6,11H2,(H,23,28)(H,24,27)(H,25,29)(H,26,30). The lowest BCUT2D eigenvalue weighted by Gasteiger charge is -2.12. The van der Waals surface area contributed by atoms with Crippen molar-refractivity contribution in [3.8, 4) is 0 Å². The molecular weight excluding hydrogens is 418 g/mol. The van der Waals surface area contributed by atoms with Gasteiger partial charge in [-0.15, -0.1) is 11.8 Å². The first-order valence-electron chi connectivity index (χ1n) is 9.96. The molecule has 10 heteroatoms. The van der Waals surface area contributed by atoms with Gasteiger partial charge in [0.15, 0.2) is 0 Å². The molecule has 31 heavy (non-hydrogen) atoms. The third kappa shape index (κ3) is 4.69. The van der Waals surface area contributed by atoms with Crippen LogP contribution in [0.2, 0.25) is 0 Å². The monoisotopic (exact) mass is 439 g/mol. The van der Waals surface area contributed by atoms with E-state index in [0.717, 1.165) is 12.8 Å². The van der Waals surface area contributed by atoms with Crippen LogP contribution in [0.15, 0.2) is 51.1 Å². The van der Waals surface area contributed by atoms with Crippen LogP contribution >= 0.6 is 11.8 Å². The van der Waals surface area contributed by atoms with Crippen molar-refractivity contribution in [2.45, 2.75) is 36.0 Å². The molecule has 3 aromatic rings. The number of hydrogen-bond acceptors (Lipinski definition) is 6. The Morgan fingerprint density at radius 3 is 2.65 bits per heavy atom. The van der Waals surface area contributed by atoms with Crippen LogP contribution < -0.4 is 21.8 Å². The second-order valence-corrected chi connectivity index (χ2v) is 8.54. The first kappa shape index (κ1) is 20.9. The van der Waals surface area contributed by atoms with E-state index in [9.17, 15) is 19.2 Å². The molecule has 0 bridgehead atoms. The first-order chi connectivity index (χ1) is 15.0. The first-order valence-corrected chi connectivity index (χ1v) is 10.8. The van der Waals surface area contributed by atoms with Crippen LogP contribution in [-0.4, -0.2) is 38.8 Å². The van der Waals surface area contributed by atoms with Crippen molar-refractivity contribution in [1.82, 2.24) is 20.5 Å². The minimum atomic E-state index is -0.529. The minimum absolute atomic E-state index is 0.0773. The fraction of sp³-hybridized carbons (Fsp3) is 0.286. The Morgan fingerprint density at radius 2 is 1.84 bits per heavy atom. The van der Waals surface area contributed by atoms with Crippen LogP contribution in [0.1, 0.15) is 36.0 Å². The molecule has 0 spiro atoms. The molecule has 1 aromatic carbocycles. The summed E-state index contributed by atoms with van der Waals surface area (Å²) in [6.45, 7) is -0.293. The highest BCUT2D eigenvalue weighted by molar-refractivity contribution is 7.99. The third-order valence-corrected chi connectivity index (χ3v) is 6.46. The molecule has 0 atom stereocenters. The largest absolute Gasteiger partial charge is 0.343 e. The molecule has 4 N–H and O–H groups in total. The molecule has 160 valence electrons. The zero-order valence-electron chi connectivity index (χ0n) is 16.6. The maximum Gasteiger partial charge on any atom is 0.272 e. The van der Waals surface area contributed by atoms with Crippen molar-refractivity contribution < 1.29 is 9.59 Å². The van der Waals surface area contributed by atoms with E-state index in [1.54, 1.807) is 36.2 Å². The van der Waals surface area contributed by atoms with E-state index in [0.29, 0.717) is 15.8 Å². The topological polar surface area (TPSA) is 137 Å². The van der Waals surface area contributed by atoms with Gasteiger partial charge in [-0.1, -0.05) is 18.9 Å². The third-order valence-electron chi connectivity index (χ3n) is 5.11. The van der Waals surface area contributed by atoms with Gasteiger partial charge in [0.2, 0.25) is 5.91 Å². The average molecular weight is 439 g/mol. The van der Waals surface area contributed by atoms with Crippen molar-refractivity contribution in [1.29, 1.82) is 0 Å². The number of thioether (sulfide) groups is 1. The van der Waals surface area contributed by atoms with Crippen LogP contribution in [0.3, 0.4) is 0 Å². The van der Waals surface area contributed by atoms with Crippen LogP contribution in [0.5, 0.6) is 0 Å². The normalized spacial score (nSPS) is 13.9. The van der Waals surface area contributed by atoms with Crippen LogP contribution in [0.4, 0.5) is 5.69 Å². The molecule has 1 aliphatic rings. The van der Waals surface area contributed by atoms with Gasteiger partial charge in [0.25, 0.3) is 17.0 Å². The van der Waals surface area contributed by atoms with E-state index in [-0.39, 0.29) is 23.0 Å². The molecule has 1 aliphatic carbocycles. The van der Waals surface area contributed by atoms with E-state index in [1.165, 1.54) is 25.0 Å². The summed E-state index contributed by atoms with van der Waals surface area (Å²) in [5.74, 6) is -0.912. The Balaban J connectivity index is 1.44. The summed E-state index contributed by atoms with van der Waals surface area (Å²) in [6.07, 6.45) is 6.25. The van der Waals surface area contributed by atoms with E-state index < -0.39 is 22.9 Å². The highest BCUT2D eigenvalue weighted by Gasteiger charge is 2.21. The minimum Gasteiger partial charge on any atom is -0.343 e. The number of nitrogens with one attached hydrogen (secondary N) is 4. The van der Waals surface area contributed by atoms with Crippen molar-refractivity contribution in [3.63, 3.8) is 0 Å². The smallest absolute Gasteiger partial charge is 0.272 e. The average Bonchev–Trinajstić information content (AvgIpc) is 3.28. The second-order valence-electron chi connectivity index (χ2n) is 7.25. The van der Waals surface area contributed by atoms with Gasteiger partial charge < -0.3 is 10.6 Å². The zero-order valence-corrected chi connectivity index (χ0v) is 17.4. The van der Waals surface area contributed by atoms with E-state index >= 15 is 0 Å². The van der Waals surface area contributed by atoms with Gasteiger partial charge in [0.05, 0.1) is 28.6 Å².